The fourth-order valence-electron chi connectivity index (χ4n) is 4.83. The molecule has 0 saturated carbocycles. The molecule has 0 radical (unpaired) electrons. The number of unbranched alkanes of at least 4 members (excludes halogenated alkanes) is 1. The zero-order valence-corrected chi connectivity index (χ0v) is 15.8. The molecule has 3 aliphatic heterocycles. The summed E-state index contributed by atoms with van der Waals surface area (Å²) in [6.07, 6.45) is 5.31. The number of ether oxygens (including phenoxy) is 2. The normalized spacial score (nSPS) is 30.2. The third-order valence-electron chi connectivity index (χ3n) is 6.17. The van der Waals surface area contributed by atoms with Gasteiger partial charge >= 0.3 is 5.97 Å². The smallest absolute Gasteiger partial charge is 0.312 e. The van der Waals surface area contributed by atoms with E-state index in [1.807, 2.05) is 54.6 Å². The molecule has 4 atom stereocenters. The van der Waals surface area contributed by atoms with Crippen molar-refractivity contribution in [3.63, 3.8) is 0 Å². The molecule has 0 aromatic heterocycles. The van der Waals surface area contributed by atoms with Gasteiger partial charge in [0, 0.05) is 5.39 Å². The zero-order valence-electron chi connectivity index (χ0n) is 15.8. The second kappa shape index (κ2) is 6.45. The average molecular weight is 377 g/mol. The molecule has 2 bridgehead atoms. The lowest BCUT2D eigenvalue weighted by atomic mass is 9.77. The van der Waals surface area contributed by atoms with Crippen molar-refractivity contribution in [1.29, 1.82) is 0 Å². The summed E-state index contributed by atoms with van der Waals surface area (Å²) in [5.41, 5.74) is 0.137. The summed E-state index contributed by atoms with van der Waals surface area (Å²) in [7, 11) is 0. The van der Waals surface area contributed by atoms with Crippen molar-refractivity contribution in [2.45, 2.75) is 31.5 Å². The van der Waals surface area contributed by atoms with Crippen LogP contribution in [0.25, 0.3) is 10.8 Å². The lowest BCUT2D eigenvalue weighted by molar-refractivity contribution is -0.152. The van der Waals surface area contributed by atoms with Gasteiger partial charge in [-0.2, -0.15) is 0 Å². The molecular formula is C23H23NO4. The number of carbonyl (C=O) groups is 2. The molecule has 144 valence electrons. The number of hydrogen-bond donors (Lipinski definition) is 0. The van der Waals surface area contributed by atoms with Crippen LogP contribution in [0.4, 0.5) is 5.69 Å². The van der Waals surface area contributed by atoms with Gasteiger partial charge in [-0.05, 0) is 17.9 Å². The molecule has 2 aromatic carbocycles. The number of benzene rings is 2. The summed E-state index contributed by atoms with van der Waals surface area (Å²) < 4.78 is 11.6. The molecule has 0 unspecified atom stereocenters. The van der Waals surface area contributed by atoms with Gasteiger partial charge < -0.3 is 14.4 Å². The van der Waals surface area contributed by atoms with Crippen molar-refractivity contribution < 1.29 is 19.1 Å². The van der Waals surface area contributed by atoms with Crippen molar-refractivity contribution in [3.05, 3.63) is 54.6 Å². The van der Waals surface area contributed by atoms with Gasteiger partial charge in [0.05, 0.1) is 30.9 Å². The summed E-state index contributed by atoms with van der Waals surface area (Å²) in [6, 6.07) is 14.0. The van der Waals surface area contributed by atoms with Crippen LogP contribution in [0.15, 0.2) is 54.6 Å². The van der Waals surface area contributed by atoms with Gasteiger partial charge in [-0.25, -0.2) is 0 Å². The van der Waals surface area contributed by atoms with E-state index >= 15 is 0 Å². The Labute approximate surface area is 163 Å². The third kappa shape index (κ3) is 2.42. The van der Waals surface area contributed by atoms with Gasteiger partial charge in [0.1, 0.15) is 11.5 Å². The fourth-order valence-corrected chi connectivity index (χ4v) is 4.83. The van der Waals surface area contributed by atoms with E-state index in [1.165, 1.54) is 0 Å². The maximum absolute atomic E-state index is 13.5. The van der Waals surface area contributed by atoms with Crippen molar-refractivity contribution >= 4 is 28.3 Å². The molecule has 2 aromatic rings. The first-order chi connectivity index (χ1) is 13.6. The molecule has 3 heterocycles. The third-order valence-corrected chi connectivity index (χ3v) is 6.17. The van der Waals surface area contributed by atoms with Crippen LogP contribution >= 0.6 is 0 Å². The monoisotopic (exact) mass is 377 g/mol. The lowest BCUT2D eigenvalue weighted by Crippen LogP contribution is -2.40. The number of rotatable bonds is 5. The van der Waals surface area contributed by atoms with E-state index in [0.29, 0.717) is 13.2 Å². The number of anilines is 1. The minimum Gasteiger partial charge on any atom is -0.465 e. The molecular weight excluding hydrogens is 354 g/mol. The van der Waals surface area contributed by atoms with E-state index < -0.39 is 17.4 Å². The lowest BCUT2D eigenvalue weighted by Gasteiger charge is -2.23. The molecule has 5 nitrogen and oxygen atoms in total. The number of amides is 1. The van der Waals surface area contributed by atoms with Crippen molar-refractivity contribution in [3.8, 4) is 0 Å². The van der Waals surface area contributed by atoms with Gasteiger partial charge in [0.25, 0.3) is 0 Å². The van der Waals surface area contributed by atoms with Gasteiger partial charge in [0.2, 0.25) is 5.91 Å². The Morgan fingerprint density at radius 3 is 2.93 bits per heavy atom. The summed E-state index contributed by atoms with van der Waals surface area (Å²) in [4.78, 5) is 28.0. The highest BCUT2D eigenvalue weighted by Crippen LogP contribution is 2.53. The molecule has 1 amide bonds. The Morgan fingerprint density at radius 2 is 2.07 bits per heavy atom. The van der Waals surface area contributed by atoms with E-state index in [0.717, 1.165) is 29.3 Å². The molecule has 5 heteroatoms. The van der Waals surface area contributed by atoms with Crippen LogP contribution in [0.5, 0.6) is 0 Å². The second-order valence-corrected chi connectivity index (χ2v) is 7.84. The molecule has 0 N–H and O–H groups in total. The van der Waals surface area contributed by atoms with E-state index in [2.05, 4.69) is 6.92 Å². The number of nitrogens with zero attached hydrogens (tertiary/aromatic N) is 1. The molecule has 2 saturated heterocycles. The standard InChI is InChI=1S/C23H23NO4/c1-2-3-13-27-22(26)19-18-11-12-23(28-18)14-24(21(25)20(19)23)17-10-6-8-15-7-4-5-9-16(15)17/h4-12,18-20H,2-3,13-14H2,1H3/t18-,19+,20-,23-/m0/s1. The maximum atomic E-state index is 13.5. The van der Waals surface area contributed by atoms with E-state index in [-0.39, 0.29) is 18.0 Å². The summed E-state index contributed by atoms with van der Waals surface area (Å²) in [5.74, 6) is -1.45. The summed E-state index contributed by atoms with van der Waals surface area (Å²) >= 11 is 0. The average Bonchev–Trinajstić information content (AvgIpc) is 3.36. The number of carbonyl (C=O) groups excluding carboxylic acids is 2. The summed E-state index contributed by atoms with van der Waals surface area (Å²) in [6.45, 7) is 2.87. The molecule has 2 fully saturated rings. The van der Waals surface area contributed by atoms with Crippen LogP contribution in [-0.4, -0.2) is 36.7 Å². The Hall–Kier alpha value is -2.66. The second-order valence-electron chi connectivity index (χ2n) is 7.84. The van der Waals surface area contributed by atoms with Crippen molar-refractivity contribution in [2.75, 3.05) is 18.1 Å². The van der Waals surface area contributed by atoms with Crippen LogP contribution in [0, 0.1) is 11.8 Å². The van der Waals surface area contributed by atoms with Crippen molar-refractivity contribution in [2.24, 2.45) is 11.8 Å². The number of hydrogen-bond acceptors (Lipinski definition) is 4. The van der Waals surface area contributed by atoms with E-state index in [4.69, 9.17) is 9.47 Å². The van der Waals surface area contributed by atoms with Crippen LogP contribution in [0.2, 0.25) is 0 Å². The predicted molar refractivity (Wildman–Crippen MR) is 106 cm³/mol. The highest BCUT2D eigenvalue weighted by molar-refractivity contribution is 6.08. The largest absolute Gasteiger partial charge is 0.465 e. The fraction of sp³-hybridized carbons (Fsp3) is 0.391. The first kappa shape index (κ1) is 17.4. The molecule has 3 aliphatic rings. The van der Waals surface area contributed by atoms with Crippen LogP contribution < -0.4 is 4.90 Å². The molecule has 5 rings (SSSR count). The van der Waals surface area contributed by atoms with Gasteiger partial charge in [-0.3, -0.25) is 9.59 Å². The predicted octanol–water partition coefficient (Wildman–Crippen LogP) is 3.47. The minimum atomic E-state index is -0.729. The molecule has 1 spiro atoms. The molecule has 28 heavy (non-hydrogen) atoms. The van der Waals surface area contributed by atoms with E-state index in [9.17, 15) is 9.59 Å². The first-order valence-corrected chi connectivity index (χ1v) is 9.97. The highest BCUT2D eigenvalue weighted by Gasteiger charge is 2.67. The highest BCUT2D eigenvalue weighted by atomic mass is 16.6. The first-order valence-electron chi connectivity index (χ1n) is 9.97. The Kier molecular flexibility index (Phi) is 4.02. The van der Waals surface area contributed by atoms with Crippen LogP contribution in [0.3, 0.4) is 0 Å². The van der Waals surface area contributed by atoms with Gasteiger partial charge in [-0.1, -0.05) is 61.9 Å². The van der Waals surface area contributed by atoms with Gasteiger partial charge in [-0.15, -0.1) is 0 Å². The molecule has 0 aliphatic carbocycles. The number of esters is 1. The van der Waals surface area contributed by atoms with Gasteiger partial charge in [0.15, 0.2) is 0 Å². The number of fused-ring (bicyclic) bond motifs is 2. The van der Waals surface area contributed by atoms with Crippen molar-refractivity contribution in [1.82, 2.24) is 0 Å². The summed E-state index contributed by atoms with van der Waals surface area (Å²) in [5, 5.41) is 2.11. The Bertz CT molecular complexity index is 978. The quantitative estimate of drug-likeness (QED) is 0.455. The maximum Gasteiger partial charge on any atom is 0.312 e. The SMILES string of the molecule is CCCCOC(=O)[C@@H]1[C@@H]2C=C[C@@]3(CN(c4cccc5ccccc45)C(=O)[C@H]13)O2. The Balaban J connectivity index is 1.49. The topological polar surface area (TPSA) is 55.8 Å². The zero-order chi connectivity index (χ0) is 19.3. The van der Waals surface area contributed by atoms with E-state index in [1.54, 1.807) is 4.90 Å². The minimum absolute atomic E-state index is 0.0550. The van der Waals surface area contributed by atoms with Crippen LogP contribution in [0.1, 0.15) is 19.8 Å². The van der Waals surface area contributed by atoms with Crippen LogP contribution in [-0.2, 0) is 19.1 Å². The Morgan fingerprint density at radius 1 is 1.25 bits per heavy atom.